The van der Waals surface area contributed by atoms with Crippen LogP contribution in [0.15, 0.2) is 18.2 Å². The molecule has 0 spiro atoms. The summed E-state index contributed by atoms with van der Waals surface area (Å²) in [6, 6.07) is 4.19. The molecule has 0 aliphatic heterocycles. The molecule has 0 N–H and O–H groups in total. The van der Waals surface area contributed by atoms with E-state index in [2.05, 4.69) is 0 Å². The normalized spacial score (nSPS) is 17.8. The van der Waals surface area contributed by atoms with Crippen LogP contribution in [0.2, 0.25) is 5.02 Å². The van der Waals surface area contributed by atoms with Crippen molar-refractivity contribution in [3.8, 4) is 0 Å². The molecule has 2 rings (SSSR count). The summed E-state index contributed by atoms with van der Waals surface area (Å²) in [6.07, 6.45) is 6.26. The molecule has 0 aromatic heterocycles. The van der Waals surface area contributed by atoms with Crippen LogP contribution in [-0.4, -0.2) is 5.78 Å². The lowest BCUT2D eigenvalue weighted by Gasteiger charge is -2.13. The van der Waals surface area contributed by atoms with Gasteiger partial charge in [-0.1, -0.05) is 37.3 Å². The summed E-state index contributed by atoms with van der Waals surface area (Å²) in [5.41, 5.74) is 0.157. The van der Waals surface area contributed by atoms with E-state index in [4.69, 9.17) is 11.6 Å². The van der Waals surface area contributed by atoms with E-state index in [0.717, 1.165) is 25.7 Å². The van der Waals surface area contributed by atoms with Crippen molar-refractivity contribution in [3.05, 3.63) is 34.6 Å². The van der Waals surface area contributed by atoms with Gasteiger partial charge >= 0.3 is 0 Å². The van der Waals surface area contributed by atoms with Gasteiger partial charge in [0, 0.05) is 10.9 Å². The van der Waals surface area contributed by atoms with Gasteiger partial charge in [-0.05, 0) is 31.0 Å². The molecule has 17 heavy (non-hydrogen) atoms. The lowest BCUT2D eigenvalue weighted by atomic mass is 9.91. The van der Waals surface area contributed by atoms with Crippen LogP contribution in [-0.2, 0) is 0 Å². The van der Waals surface area contributed by atoms with E-state index in [-0.39, 0.29) is 17.3 Å². The minimum atomic E-state index is -0.455. The molecular formula is C14H16ClFO. The highest BCUT2D eigenvalue weighted by Gasteiger charge is 2.23. The molecule has 0 radical (unpaired) electrons. The molecule has 0 saturated heterocycles. The molecule has 0 amide bonds. The van der Waals surface area contributed by atoms with E-state index < -0.39 is 5.82 Å². The predicted molar refractivity (Wildman–Crippen MR) is 66.9 cm³/mol. The van der Waals surface area contributed by atoms with Crippen LogP contribution in [0, 0.1) is 11.7 Å². The third kappa shape index (κ3) is 3.06. The van der Waals surface area contributed by atoms with Gasteiger partial charge in [0.2, 0.25) is 0 Å². The third-order valence-electron chi connectivity index (χ3n) is 3.42. The van der Waals surface area contributed by atoms with Crippen LogP contribution in [0.5, 0.6) is 0 Å². The summed E-state index contributed by atoms with van der Waals surface area (Å²) in [7, 11) is 0. The van der Waals surface area contributed by atoms with E-state index in [0.29, 0.717) is 5.02 Å². The van der Waals surface area contributed by atoms with Crippen molar-refractivity contribution >= 4 is 17.4 Å². The highest BCUT2D eigenvalue weighted by molar-refractivity contribution is 6.31. The predicted octanol–water partition coefficient (Wildman–Crippen LogP) is 4.63. The zero-order chi connectivity index (χ0) is 12.3. The quantitative estimate of drug-likeness (QED) is 0.555. The topological polar surface area (TPSA) is 17.1 Å². The highest BCUT2D eigenvalue weighted by Crippen LogP contribution is 2.27. The highest BCUT2D eigenvalue weighted by atomic mass is 35.5. The summed E-state index contributed by atoms with van der Waals surface area (Å²) < 4.78 is 13.6. The fourth-order valence-corrected chi connectivity index (χ4v) is 2.62. The monoisotopic (exact) mass is 254 g/mol. The first kappa shape index (κ1) is 12.6. The van der Waals surface area contributed by atoms with Crippen LogP contribution in [0.1, 0.15) is 48.9 Å². The van der Waals surface area contributed by atoms with Gasteiger partial charge in [-0.25, -0.2) is 4.39 Å². The maximum atomic E-state index is 13.6. The zero-order valence-electron chi connectivity index (χ0n) is 9.72. The van der Waals surface area contributed by atoms with Crippen molar-refractivity contribution in [2.75, 3.05) is 0 Å². The molecule has 1 saturated carbocycles. The molecule has 0 unspecified atom stereocenters. The number of Topliss-reactive ketones (excluding diaryl/α,β-unsaturated/α-hetero) is 1. The number of hydrogen-bond donors (Lipinski definition) is 0. The van der Waals surface area contributed by atoms with Gasteiger partial charge in [0.05, 0.1) is 5.56 Å². The fraction of sp³-hybridized carbons (Fsp3) is 0.500. The summed E-state index contributed by atoms with van der Waals surface area (Å²) >= 11 is 5.81. The molecule has 3 heteroatoms. The number of halogens is 2. The number of rotatable bonds is 2. The Morgan fingerprint density at radius 2 is 1.82 bits per heavy atom. The van der Waals surface area contributed by atoms with E-state index >= 15 is 0 Å². The minimum absolute atomic E-state index is 0.0227. The number of ketones is 1. The first-order valence-corrected chi connectivity index (χ1v) is 6.55. The second-order valence-electron chi connectivity index (χ2n) is 4.68. The molecule has 92 valence electrons. The van der Waals surface area contributed by atoms with Crippen LogP contribution in [0.3, 0.4) is 0 Å². The van der Waals surface area contributed by atoms with Gasteiger partial charge in [0.1, 0.15) is 5.82 Å². The van der Waals surface area contributed by atoms with Crippen molar-refractivity contribution in [1.29, 1.82) is 0 Å². The molecule has 1 aromatic carbocycles. The Morgan fingerprint density at radius 3 is 2.47 bits per heavy atom. The van der Waals surface area contributed by atoms with Gasteiger partial charge in [-0.15, -0.1) is 0 Å². The lowest BCUT2D eigenvalue weighted by molar-refractivity contribution is 0.0903. The Labute approximate surface area is 106 Å². The van der Waals surface area contributed by atoms with Gasteiger partial charge in [0.15, 0.2) is 5.78 Å². The van der Waals surface area contributed by atoms with Gasteiger partial charge in [0.25, 0.3) is 0 Å². The lowest BCUT2D eigenvalue weighted by Crippen LogP contribution is -2.15. The maximum Gasteiger partial charge on any atom is 0.168 e. The Hall–Kier alpha value is -0.890. The van der Waals surface area contributed by atoms with Crippen molar-refractivity contribution in [3.63, 3.8) is 0 Å². The van der Waals surface area contributed by atoms with Crippen LogP contribution < -0.4 is 0 Å². The Balaban J connectivity index is 2.20. The van der Waals surface area contributed by atoms with Crippen LogP contribution in [0.25, 0.3) is 0 Å². The molecule has 0 atom stereocenters. The molecule has 1 fully saturated rings. The first-order valence-electron chi connectivity index (χ1n) is 6.18. The SMILES string of the molecule is O=C(c1cc(Cl)ccc1F)C1CCCCCC1. The van der Waals surface area contributed by atoms with E-state index in [9.17, 15) is 9.18 Å². The Kier molecular flexibility index (Phi) is 4.16. The Morgan fingerprint density at radius 1 is 1.18 bits per heavy atom. The van der Waals surface area contributed by atoms with Crippen molar-refractivity contribution in [2.24, 2.45) is 5.92 Å². The molecule has 1 nitrogen and oxygen atoms in total. The van der Waals surface area contributed by atoms with Crippen molar-refractivity contribution < 1.29 is 9.18 Å². The third-order valence-corrected chi connectivity index (χ3v) is 3.65. The van der Waals surface area contributed by atoms with E-state index in [1.165, 1.54) is 31.0 Å². The standard InChI is InChI=1S/C14H16ClFO/c15-11-7-8-13(16)12(9-11)14(17)10-5-3-1-2-4-6-10/h7-10H,1-6H2. The van der Waals surface area contributed by atoms with Crippen LogP contribution in [0.4, 0.5) is 4.39 Å². The van der Waals surface area contributed by atoms with Gasteiger partial charge in [-0.3, -0.25) is 4.79 Å². The second-order valence-corrected chi connectivity index (χ2v) is 5.11. The largest absolute Gasteiger partial charge is 0.294 e. The molecule has 1 aromatic rings. The average Bonchev–Trinajstić information content (AvgIpc) is 2.60. The molecule has 0 heterocycles. The second kappa shape index (κ2) is 5.63. The molecule has 1 aliphatic carbocycles. The zero-order valence-corrected chi connectivity index (χ0v) is 10.5. The van der Waals surface area contributed by atoms with Crippen LogP contribution >= 0.6 is 11.6 Å². The van der Waals surface area contributed by atoms with Gasteiger partial charge in [-0.2, -0.15) is 0 Å². The average molecular weight is 255 g/mol. The Bertz CT molecular complexity index is 409. The van der Waals surface area contributed by atoms with E-state index in [1.54, 1.807) is 0 Å². The maximum absolute atomic E-state index is 13.6. The first-order chi connectivity index (χ1) is 8.18. The molecule has 0 bridgehead atoms. The number of carbonyl (C=O) groups is 1. The minimum Gasteiger partial charge on any atom is -0.294 e. The molecule has 1 aliphatic rings. The fourth-order valence-electron chi connectivity index (χ4n) is 2.45. The van der Waals surface area contributed by atoms with E-state index in [1.807, 2.05) is 0 Å². The summed E-state index contributed by atoms with van der Waals surface area (Å²) in [5, 5.41) is 0.420. The summed E-state index contributed by atoms with van der Waals surface area (Å²) in [6.45, 7) is 0. The summed E-state index contributed by atoms with van der Waals surface area (Å²) in [5.74, 6) is -0.555. The van der Waals surface area contributed by atoms with Crippen molar-refractivity contribution in [2.45, 2.75) is 38.5 Å². The number of carbonyl (C=O) groups excluding carboxylic acids is 1. The number of benzene rings is 1. The summed E-state index contributed by atoms with van der Waals surface area (Å²) in [4.78, 5) is 12.2. The van der Waals surface area contributed by atoms with Crippen molar-refractivity contribution in [1.82, 2.24) is 0 Å². The molecular weight excluding hydrogens is 239 g/mol. The number of hydrogen-bond acceptors (Lipinski definition) is 1. The smallest absolute Gasteiger partial charge is 0.168 e. The van der Waals surface area contributed by atoms with Gasteiger partial charge < -0.3 is 0 Å².